The zero-order chi connectivity index (χ0) is 34.8. The molecule has 1 saturated carbocycles. The Kier molecular flexibility index (Phi) is 9.91. The standard InChI is InChI=1S/C30H29F8N7O3/c1-45-9-8-39-25(45)27(47)40-13-15-2-7-20(30(36,37)38)16(10-15)11-23-42-21-12-19(28(44-24(21)43-23)48-14-22(31)32)26(46)41-18-5-3-17(4-6-18)29(33,34)35/h2,7-10,12,17-18,22H,3-6,11,13-14H2,1H3,(H,40,47)(H,41,46)(H,42,43,44). The zero-order valence-electron chi connectivity index (χ0n) is 25.2. The number of benzene rings is 1. The number of pyridine rings is 1. The lowest BCUT2D eigenvalue weighted by Crippen LogP contribution is -2.40. The Morgan fingerprint density at radius 2 is 1.77 bits per heavy atom. The summed E-state index contributed by atoms with van der Waals surface area (Å²) in [5, 5.41) is 5.20. The smallest absolute Gasteiger partial charge is 0.416 e. The van der Waals surface area contributed by atoms with E-state index in [1.807, 2.05) is 0 Å². The molecule has 0 spiro atoms. The Bertz CT molecular complexity index is 1780. The Hall–Kier alpha value is -4.77. The molecule has 1 fully saturated rings. The summed E-state index contributed by atoms with van der Waals surface area (Å²) >= 11 is 0. The number of hydrogen-bond acceptors (Lipinski definition) is 6. The van der Waals surface area contributed by atoms with Crippen molar-refractivity contribution >= 4 is 23.0 Å². The number of alkyl halides is 8. The summed E-state index contributed by atoms with van der Waals surface area (Å²) < 4.78 is 114. The molecule has 258 valence electrons. The first-order valence-corrected chi connectivity index (χ1v) is 14.7. The number of hydrogen-bond donors (Lipinski definition) is 3. The number of ether oxygens (including phenoxy) is 1. The molecule has 1 aromatic carbocycles. The van der Waals surface area contributed by atoms with Crippen molar-refractivity contribution in [2.75, 3.05) is 6.61 Å². The van der Waals surface area contributed by atoms with E-state index in [0.29, 0.717) is 5.56 Å². The predicted octanol–water partition coefficient (Wildman–Crippen LogP) is 5.73. The molecule has 0 aliphatic heterocycles. The molecule has 5 rings (SSSR count). The van der Waals surface area contributed by atoms with Crippen LogP contribution in [-0.4, -0.2) is 61.6 Å². The summed E-state index contributed by atoms with van der Waals surface area (Å²) in [6, 6.07) is 3.92. The second-order valence-corrected chi connectivity index (χ2v) is 11.4. The highest BCUT2D eigenvalue weighted by molar-refractivity contribution is 5.99. The first kappa shape index (κ1) is 34.6. The quantitative estimate of drug-likeness (QED) is 0.183. The third-order valence-electron chi connectivity index (χ3n) is 7.91. The van der Waals surface area contributed by atoms with Crippen molar-refractivity contribution in [1.82, 2.24) is 35.1 Å². The number of aromatic amines is 1. The highest BCUT2D eigenvalue weighted by Crippen LogP contribution is 2.38. The summed E-state index contributed by atoms with van der Waals surface area (Å²) in [6.07, 6.45) is -9.75. The van der Waals surface area contributed by atoms with Gasteiger partial charge in [0.15, 0.2) is 18.1 Å². The van der Waals surface area contributed by atoms with Gasteiger partial charge in [0.1, 0.15) is 11.4 Å². The number of nitrogens with zero attached hydrogens (tertiary/aromatic N) is 4. The van der Waals surface area contributed by atoms with Crippen LogP contribution in [0.2, 0.25) is 0 Å². The van der Waals surface area contributed by atoms with Gasteiger partial charge in [0.25, 0.3) is 18.2 Å². The van der Waals surface area contributed by atoms with E-state index in [1.165, 1.54) is 29.0 Å². The number of halogens is 8. The molecule has 0 saturated heterocycles. The van der Waals surface area contributed by atoms with Crippen molar-refractivity contribution in [3.8, 4) is 5.88 Å². The number of nitrogens with one attached hydrogen (secondary N) is 3. The van der Waals surface area contributed by atoms with Crippen molar-refractivity contribution in [3.05, 3.63) is 70.6 Å². The third kappa shape index (κ3) is 8.20. The number of rotatable bonds is 10. The monoisotopic (exact) mass is 687 g/mol. The molecule has 2 amide bonds. The van der Waals surface area contributed by atoms with Crippen molar-refractivity contribution in [2.24, 2.45) is 13.0 Å². The van der Waals surface area contributed by atoms with Gasteiger partial charge in [-0.1, -0.05) is 12.1 Å². The molecule has 0 atom stereocenters. The number of aryl methyl sites for hydroxylation is 1. The van der Waals surface area contributed by atoms with Gasteiger partial charge in [-0.25, -0.2) is 18.7 Å². The van der Waals surface area contributed by atoms with Crippen LogP contribution in [0.3, 0.4) is 0 Å². The fraction of sp³-hybridized carbons (Fsp3) is 0.433. The molecule has 1 aliphatic rings. The minimum atomic E-state index is -4.74. The normalized spacial score (nSPS) is 17.1. The molecular weight excluding hydrogens is 658 g/mol. The zero-order valence-corrected chi connectivity index (χ0v) is 25.2. The van der Waals surface area contributed by atoms with Gasteiger partial charge in [-0.2, -0.15) is 31.3 Å². The third-order valence-corrected chi connectivity index (χ3v) is 7.91. The van der Waals surface area contributed by atoms with E-state index in [-0.39, 0.29) is 66.2 Å². The lowest BCUT2D eigenvalue weighted by Gasteiger charge is -2.30. The van der Waals surface area contributed by atoms with Gasteiger partial charge in [0.05, 0.1) is 17.0 Å². The van der Waals surface area contributed by atoms with E-state index in [1.54, 1.807) is 13.2 Å². The average molecular weight is 688 g/mol. The predicted molar refractivity (Wildman–Crippen MR) is 153 cm³/mol. The van der Waals surface area contributed by atoms with Crippen LogP contribution in [0, 0.1) is 5.92 Å². The lowest BCUT2D eigenvalue weighted by molar-refractivity contribution is -0.182. The maximum atomic E-state index is 13.9. The van der Waals surface area contributed by atoms with E-state index >= 15 is 0 Å². The molecule has 3 heterocycles. The van der Waals surface area contributed by atoms with E-state index in [2.05, 4.69) is 30.6 Å². The van der Waals surface area contributed by atoms with E-state index in [0.717, 1.165) is 6.07 Å². The fourth-order valence-electron chi connectivity index (χ4n) is 5.51. The molecule has 3 aromatic heterocycles. The molecule has 1 aliphatic carbocycles. The van der Waals surface area contributed by atoms with Gasteiger partial charge in [-0.15, -0.1) is 0 Å². The van der Waals surface area contributed by atoms with Crippen LogP contribution in [0.15, 0.2) is 36.7 Å². The second-order valence-electron chi connectivity index (χ2n) is 11.4. The van der Waals surface area contributed by atoms with Crippen molar-refractivity contribution < 1.29 is 49.4 Å². The number of amides is 2. The van der Waals surface area contributed by atoms with Crippen LogP contribution in [0.5, 0.6) is 5.88 Å². The van der Waals surface area contributed by atoms with Gasteiger partial charge < -0.3 is 24.9 Å². The summed E-state index contributed by atoms with van der Waals surface area (Å²) in [5.74, 6) is -3.29. The van der Waals surface area contributed by atoms with E-state index in [9.17, 15) is 44.7 Å². The largest absolute Gasteiger partial charge is 0.471 e. The van der Waals surface area contributed by atoms with E-state index < -0.39 is 67.0 Å². The maximum Gasteiger partial charge on any atom is 0.416 e. The van der Waals surface area contributed by atoms with Gasteiger partial charge in [0, 0.05) is 38.4 Å². The number of carbonyl (C=O) groups excluding carboxylic acids is 2. The van der Waals surface area contributed by atoms with Crippen LogP contribution in [-0.2, 0) is 26.2 Å². The van der Waals surface area contributed by atoms with Gasteiger partial charge in [0.2, 0.25) is 5.88 Å². The van der Waals surface area contributed by atoms with Crippen LogP contribution < -0.4 is 15.4 Å². The Labute approximate surface area is 267 Å². The highest BCUT2D eigenvalue weighted by atomic mass is 19.4. The second kappa shape index (κ2) is 13.8. The molecule has 0 unspecified atom stereocenters. The number of H-pyrrole nitrogens is 1. The molecular formula is C30H29F8N7O3. The van der Waals surface area contributed by atoms with Crippen LogP contribution in [0.25, 0.3) is 11.2 Å². The van der Waals surface area contributed by atoms with Crippen LogP contribution in [0.1, 0.15) is 69.2 Å². The number of fused-ring (bicyclic) bond motifs is 1. The molecule has 18 heteroatoms. The summed E-state index contributed by atoms with van der Waals surface area (Å²) in [6.45, 7) is -1.25. The minimum Gasteiger partial charge on any atom is -0.471 e. The van der Waals surface area contributed by atoms with Gasteiger partial charge in [-0.3, -0.25) is 9.59 Å². The van der Waals surface area contributed by atoms with E-state index in [4.69, 9.17) is 4.74 Å². The number of imidazole rings is 2. The minimum absolute atomic E-state index is 0.0139. The first-order chi connectivity index (χ1) is 22.6. The molecule has 3 N–H and O–H groups in total. The molecule has 48 heavy (non-hydrogen) atoms. The number of carbonyl (C=O) groups is 2. The van der Waals surface area contributed by atoms with Gasteiger partial charge in [-0.05, 0) is 48.9 Å². The Morgan fingerprint density at radius 3 is 2.40 bits per heavy atom. The Morgan fingerprint density at radius 1 is 1.04 bits per heavy atom. The average Bonchev–Trinajstić information content (AvgIpc) is 3.62. The summed E-state index contributed by atoms with van der Waals surface area (Å²) in [5.41, 5.74) is -1.18. The molecule has 0 radical (unpaired) electrons. The van der Waals surface area contributed by atoms with Crippen molar-refractivity contribution in [3.63, 3.8) is 0 Å². The molecule has 4 aromatic rings. The van der Waals surface area contributed by atoms with Crippen molar-refractivity contribution in [2.45, 2.75) is 63.5 Å². The SMILES string of the molecule is Cn1ccnc1C(=O)NCc1ccc(C(F)(F)F)c(Cc2nc3nc(OCC(F)F)c(C(=O)NC4CCC(C(F)(F)F)CC4)cc3[nH]2)c1. The lowest BCUT2D eigenvalue weighted by atomic mass is 9.85. The van der Waals surface area contributed by atoms with Gasteiger partial charge >= 0.3 is 12.4 Å². The Balaban J connectivity index is 1.38. The van der Waals surface area contributed by atoms with Crippen molar-refractivity contribution in [1.29, 1.82) is 0 Å². The summed E-state index contributed by atoms with van der Waals surface area (Å²) in [7, 11) is 1.61. The molecule has 10 nitrogen and oxygen atoms in total. The van der Waals surface area contributed by atoms with Crippen LogP contribution >= 0.6 is 0 Å². The van der Waals surface area contributed by atoms with Crippen LogP contribution in [0.4, 0.5) is 35.1 Å². The number of aromatic nitrogens is 5. The maximum absolute atomic E-state index is 13.9. The highest BCUT2D eigenvalue weighted by Gasteiger charge is 2.41. The first-order valence-electron chi connectivity index (χ1n) is 14.7. The summed E-state index contributed by atoms with van der Waals surface area (Å²) in [4.78, 5) is 40.6. The fourth-order valence-corrected chi connectivity index (χ4v) is 5.51. The topological polar surface area (TPSA) is 127 Å². The molecule has 0 bridgehead atoms.